The Hall–Kier alpha value is -7.98. The van der Waals surface area contributed by atoms with Crippen molar-refractivity contribution in [2.45, 2.75) is 27.1 Å². The van der Waals surface area contributed by atoms with E-state index in [4.69, 9.17) is 9.47 Å². The number of thioether (sulfide) groups is 2. The Kier molecular flexibility index (Phi) is 11.7. The zero-order valence-corrected chi connectivity index (χ0v) is 37.7. The van der Waals surface area contributed by atoms with E-state index in [0.717, 1.165) is 34.7 Å². The van der Waals surface area contributed by atoms with Crippen molar-refractivity contribution in [3.63, 3.8) is 0 Å². The van der Waals surface area contributed by atoms with Crippen LogP contribution in [0.4, 0.5) is 19.6 Å². The van der Waals surface area contributed by atoms with Crippen LogP contribution in [0, 0.1) is 45.3 Å². The second-order valence-electron chi connectivity index (χ2n) is 14.2. The largest absolute Gasteiger partial charge is 0.444 e. The summed E-state index contributed by atoms with van der Waals surface area (Å²) >= 11 is 4.23. The van der Waals surface area contributed by atoms with Crippen LogP contribution in [0.5, 0.6) is 0 Å². The van der Waals surface area contributed by atoms with Crippen LogP contribution in [0.2, 0.25) is 0 Å². The molecule has 322 valence electrons. The van der Waals surface area contributed by atoms with Crippen molar-refractivity contribution in [2.75, 3.05) is 13.1 Å². The highest BCUT2D eigenvalue weighted by Crippen LogP contribution is 2.47. The van der Waals surface area contributed by atoms with Crippen molar-refractivity contribution in [1.82, 2.24) is 18.9 Å². The van der Waals surface area contributed by atoms with E-state index >= 15 is 0 Å². The van der Waals surface area contributed by atoms with Gasteiger partial charge in [-0.3, -0.25) is 19.4 Å². The highest BCUT2D eigenvalue weighted by molar-refractivity contribution is 8.20. The molecule has 7 aromatic rings. The number of carbonyl (C=O) groups excluding carboxylic acids is 4. The molecule has 2 amide bonds. The SMILES string of the molecule is CCN1C(=O)/C(=N/c2cc3c(s2)c2cc4c(cc2n3C(=O)OCc2ccccc2)c2sc(/N=C3\SC(=C(C#N)C#N)N(CC)C3=O)cc2n4C(=O)OCc2ccccc2)SC1=C(C#N)C#N. The molecule has 0 spiro atoms. The predicted molar refractivity (Wildman–Crippen MR) is 253 cm³/mol. The zero-order chi connectivity index (χ0) is 46.2. The summed E-state index contributed by atoms with van der Waals surface area (Å²) in [6.07, 6.45) is -1.41. The molecule has 16 nitrogen and oxygen atoms in total. The molecule has 0 atom stereocenters. The monoisotopic (exact) mass is 944 g/mol. The molecule has 0 saturated carbocycles. The van der Waals surface area contributed by atoms with Gasteiger partial charge in [0.1, 0.15) is 57.6 Å². The van der Waals surface area contributed by atoms with Crippen LogP contribution in [0.25, 0.3) is 42.2 Å². The van der Waals surface area contributed by atoms with Crippen LogP contribution >= 0.6 is 46.2 Å². The van der Waals surface area contributed by atoms with E-state index in [2.05, 4.69) is 9.98 Å². The third kappa shape index (κ3) is 7.54. The van der Waals surface area contributed by atoms with E-state index in [0.29, 0.717) is 52.2 Å². The quantitative estimate of drug-likeness (QED) is 0.130. The number of allylic oxidation sites excluding steroid dienone is 2. The molecule has 2 aliphatic rings. The maximum atomic E-state index is 14.3. The molecule has 3 aromatic carbocycles. The van der Waals surface area contributed by atoms with Crippen LogP contribution in [0.3, 0.4) is 0 Å². The van der Waals surface area contributed by atoms with Crippen molar-refractivity contribution >= 4 is 133 Å². The molecule has 2 aliphatic heterocycles. The Bertz CT molecular complexity index is 3290. The molecule has 2 saturated heterocycles. The Labute approximate surface area is 390 Å². The molecular formula is C46H28N10O6S4. The highest BCUT2D eigenvalue weighted by Gasteiger charge is 2.37. The number of fused-ring (bicyclic) bond motifs is 6. The smallest absolute Gasteiger partial charge is 0.419 e. The third-order valence-corrected chi connectivity index (χ3v) is 14.7. The van der Waals surface area contributed by atoms with E-state index in [1.54, 1.807) is 38.1 Å². The Balaban J connectivity index is 1.23. The number of amides is 2. The molecule has 0 N–H and O–H groups in total. The summed E-state index contributed by atoms with van der Waals surface area (Å²) in [6.45, 7) is 3.79. The van der Waals surface area contributed by atoms with E-state index in [9.17, 15) is 40.2 Å². The molecule has 66 heavy (non-hydrogen) atoms. The van der Waals surface area contributed by atoms with Gasteiger partial charge >= 0.3 is 12.2 Å². The van der Waals surface area contributed by atoms with Crippen molar-refractivity contribution in [1.29, 1.82) is 21.0 Å². The molecule has 4 aromatic heterocycles. The normalized spacial score (nSPS) is 15.0. The van der Waals surface area contributed by atoms with E-state index in [1.165, 1.54) is 41.6 Å². The predicted octanol–water partition coefficient (Wildman–Crippen LogP) is 10.2. The Morgan fingerprint density at radius 2 is 0.955 bits per heavy atom. The lowest BCUT2D eigenvalue weighted by Crippen LogP contribution is -2.26. The van der Waals surface area contributed by atoms with Gasteiger partial charge in [-0.1, -0.05) is 60.7 Å². The first-order valence-electron chi connectivity index (χ1n) is 19.8. The van der Waals surface area contributed by atoms with Gasteiger partial charge in [-0.05, 0) is 72.8 Å². The first-order chi connectivity index (χ1) is 32.1. The van der Waals surface area contributed by atoms with Crippen LogP contribution in [-0.2, 0) is 32.3 Å². The number of ether oxygens (including phenoxy) is 2. The molecular weight excluding hydrogens is 917 g/mol. The van der Waals surface area contributed by atoms with Gasteiger partial charge in [0, 0.05) is 23.9 Å². The molecule has 2 fully saturated rings. The summed E-state index contributed by atoms with van der Waals surface area (Å²) < 4.78 is 15.8. The number of nitriles is 4. The maximum Gasteiger partial charge on any atom is 0.419 e. The van der Waals surface area contributed by atoms with Gasteiger partial charge in [0.05, 0.1) is 31.5 Å². The summed E-state index contributed by atoms with van der Waals surface area (Å²) in [4.78, 5) is 67.5. The summed E-state index contributed by atoms with van der Waals surface area (Å²) in [6, 6.07) is 32.6. The number of carbonyl (C=O) groups is 4. The fourth-order valence-corrected chi connectivity index (χ4v) is 11.7. The van der Waals surface area contributed by atoms with Crippen LogP contribution in [0.1, 0.15) is 25.0 Å². The molecule has 20 heteroatoms. The lowest BCUT2D eigenvalue weighted by molar-refractivity contribution is -0.121. The summed E-state index contributed by atoms with van der Waals surface area (Å²) in [5.74, 6) is -0.951. The maximum absolute atomic E-state index is 14.3. The van der Waals surface area contributed by atoms with Crippen LogP contribution in [-0.4, -0.2) is 66.1 Å². The lowest BCUT2D eigenvalue weighted by Gasteiger charge is -2.12. The van der Waals surface area contributed by atoms with Gasteiger partial charge in [-0.2, -0.15) is 21.0 Å². The van der Waals surface area contributed by atoms with E-state index in [1.807, 2.05) is 84.9 Å². The summed E-state index contributed by atoms with van der Waals surface area (Å²) in [7, 11) is 0. The molecule has 0 aliphatic carbocycles. The van der Waals surface area contributed by atoms with Crippen LogP contribution in [0.15, 0.2) is 116 Å². The average Bonchev–Trinajstić information content (AvgIpc) is 4.17. The summed E-state index contributed by atoms with van der Waals surface area (Å²) in [5, 5.41) is 40.6. The number of nitrogens with zero attached hydrogens (tertiary/aromatic N) is 10. The van der Waals surface area contributed by atoms with Crippen molar-refractivity contribution in [3.8, 4) is 24.3 Å². The number of aliphatic imine (C=N–C) groups is 2. The minimum Gasteiger partial charge on any atom is -0.444 e. The number of hydrogen-bond donors (Lipinski definition) is 0. The number of aromatic nitrogens is 2. The van der Waals surface area contributed by atoms with Crippen molar-refractivity contribution in [3.05, 3.63) is 117 Å². The molecule has 9 rings (SSSR count). The Morgan fingerprint density at radius 1 is 0.576 bits per heavy atom. The molecule has 6 heterocycles. The summed E-state index contributed by atoms with van der Waals surface area (Å²) in [5.41, 5.74) is 2.80. The first kappa shape index (κ1) is 43.3. The van der Waals surface area contributed by atoms with Gasteiger partial charge in [-0.15, -0.1) is 22.7 Å². The third-order valence-electron chi connectivity index (χ3n) is 10.4. The number of thiophene rings is 2. The Morgan fingerprint density at radius 3 is 1.30 bits per heavy atom. The standard InChI is InChI=1S/C46H28N10O6S4/c1-3-53-41(57)39(65-43(53)27(19-47)20-48)51-35-17-33-37(63-35)29-15-32-30(16-31(29)55(33)45(59)61-23-25-11-7-5-8-12-25)38-34(56(32)46(60)62-24-26-13-9-6-10-14-26)18-36(64-38)52-40-42(58)54(4-2)44(66-40)28(21-49)22-50/h5-18H,3-4,23-24H2,1-2H3/b51-39-,52-40-. The van der Waals surface area contributed by atoms with Gasteiger partial charge in [0.15, 0.2) is 21.2 Å². The lowest BCUT2D eigenvalue weighted by atomic mass is 10.2. The van der Waals surface area contributed by atoms with Crippen LogP contribution < -0.4 is 0 Å². The van der Waals surface area contributed by atoms with Gasteiger partial charge in [-0.25, -0.2) is 28.7 Å². The van der Waals surface area contributed by atoms with Crippen molar-refractivity contribution in [2.24, 2.45) is 9.98 Å². The molecule has 0 radical (unpaired) electrons. The number of rotatable bonds is 8. The number of benzene rings is 3. The number of hydrogen-bond acceptors (Lipinski definition) is 16. The van der Waals surface area contributed by atoms with Gasteiger partial charge < -0.3 is 9.47 Å². The fraction of sp³-hybridized carbons (Fsp3) is 0.130. The topological polar surface area (TPSA) is 223 Å². The molecule has 0 unspecified atom stereocenters. The second-order valence-corrected chi connectivity index (χ2v) is 18.2. The van der Waals surface area contributed by atoms with E-state index < -0.39 is 24.0 Å². The minimum absolute atomic E-state index is 0.0363. The van der Waals surface area contributed by atoms with Gasteiger partial charge in [0.2, 0.25) is 0 Å². The highest BCUT2D eigenvalue weighted by atomic mass is 32.2. The molecule has 0 bridgehead atoms. The minimum atomic E-state index is -0.706. The van der Waals surface area contributed by atoms with E-state index in [-0.39, 0.29) is 57.6 Å². The van der Waals surface area contributed by atoms with Gasteiger partial charge in [0.25, 0.3) is 11.8 Å². The second kappa shape index (κ2) is 17.9. The zero-order valence-electron chi connectivity index (χ0n) is 34.5. The van der Waals surface area contributed by atoms with Crippen molar-refractivity contribution < 1.29 is 28.7 Å². The first-order valence-corrected chi connectivity index (χ1v) is 23.1. The fourth-order valence-electron chi connectivity index (χ4n) is 7.42. The average molecular weight is 945 g/mol.